The van der Waals surface area contributed by atoms with E-state index in [-0.39, 0.29) is 29.5 Å². The highest BCUT2D eigenvalue weighted by molar-refractivity contribution is 7.90. The second-order valence-corrected chi connectivity index (χ2v) is 11.6. The summed E-state index contributed by atoms with van der Waals surface area (Å²) >= 11 is 0. The molecule has 39 heavy (non-hydrogen) atoms. The van der Waals surface area contributed by atoms with E-state index < -0.39 is 21.6 Å². The van der Waals surface area contributed by atoms with Crippen LogP contribution >= 0.6 is 0 Å². The van der Waals surface area contributed by atoms with Crippen molar-refractivity contribution in [1.29, 1.82) is 0 Å². The number of likely N-dealkylation sites (tertiary alicyclic amines) is 1. The maximum Gasteiger partial charge on any atom is 0.329 e. The fourth-order valence-electron chi connectivity index (χ4n) is 3.83. The summed E-state index contributed by atoms with van der Waals surface area (Å²) in [6.45, 7) is 6.43. The van der Waals surface area contributed by atoms with Crippen LogP contribution in [-0.4, -0.2) is 51.0 Å². The van der Waals surface area contributed by atoms with Crippen molar-refractivity contribution in [1.82, 2.24) is 14.9 Å². The molecule has 0 radical (unpaired) electrons. The van der Waals surface area contributed by atoms with Crippen LogP contribution in [0.15, 0.2) is 71.6 Å². The van der Waals surface area contributed by atoms with Crippen molar-refractivity contribution in [3.05, 3.63) is 72.3 Å². The Balaban J connectivity index is 0.00000420. The minimum Gasteiger partial charge on any atom is -0.497 e. The predicted molar refractivity (Wildman–Crippen MR) is 151 cm³/mol. The number of carbonyl (C=O) groups is 2. The summed E-state index contributed by atoms with van der Waals surface area (Å²) in [6, 6.07) is 18.0. The van der Waals surface area contributed by atoms with Crippen molar-refractivity contribution in [3.8, 4) is 28.4 Å². The van der Waals surface area contributed by atoms with Gasteiger partial charge in [0.1, 0.15) is 22.1 Å². The van der Waals surface area contributed by atoms with Gasteiger partial charge in [0.2, 0.25) is 0 Å². The van der Waals surface area contributed by atoms with Gasteiger partial charge in [-0.1, -0.05) is 31.7 Å². The van der Waals surface area contributed by atoms with Crippen LogP contribution in [0.4, 0.5) is 4.79 Å². The number of sulfonamides is 1. The summed E-state index contributed by atoms with van der Waals surface area (Å²) in [4.78, 5) is 26.5. The Bertz CT molecular complexity index is 1440. The normalized spacial score (nSPS) is 13.0. The third kappa shape index (κ3) is 7.29. The van der Waals surface area contributed by atoms with Crippen LogP contribution in [0.1, 0.15) is 45.0 Å². The van der Waals surface area contributed by atoms with Crippen molar-refractivity contribution >= 4 is 22.0 Å². The lowest BCUT2D eigenvalue weighted by atomic mass is 10.1. The first-order valence-corrected chi connectivity index (χ1v) is 13.6. The average Bonchev–Trinajstić information content (AvgIpc) is 2.81. The molecule has 3 aromatic rings. The summed E-state index contributed by atoms with van der Waals surface area (Å²) in [5.74, 6) is 0.815. The number of hydrogen-bond donors (Lipinski definition) is 2. The Morgan fingerprint density at radius 2 is 1.59 bits per heavy atom. The first kappa shape index (κ1) is 29.5. The number of nitrogens with one attached hydrogen (secondary N) is 2. The maximum absolute atomic E-state index is 13.3. The van der Waals surface area contributed by atoms with Crippen LogP contribution in [0.5, 0.6) is 17.2 Å². The molecule has 10 heteroatoms. The molecule has 208 valence electrons. The SMILES string of the molecule is C.COc1ccc(-c2cccc(Oc3ccc(C(=O)N4CCC4)cc3S(=O)(=O)NC(=O)NC(C)(C)C)c2)cc1. The number of nitrogens with zero attached hydrogens (tertiary/aromatic N) is 1. The maximum atomic E-state index is 13.3. The number of carbonyl (C=O) groups excluding carboxylic acids is 2. The second-order valence-electron chi connectivity index (χ2n) is 9.98. The summed E-state index contributed by atoms with van der Waals surface area (Å²) in [5.41, 5.74) is 1.30. The van der Waals surface area contributed by atoms with Crippen LogP contribution in [-0.2, 0) is 10.0 Å². The molecular weight excluding hydrogens is 518 g/mol. The zero-order valence-corrected chi connectivity index (χ0v) is 22.6. The van der Waals surface area contributed by atoms with E-state index in [0.29, 0.717) is 18.8 Å². The number of methoxy groups -OCH3 is 1. The molecule has 0 spiro atoms. The third-order valence-electron chi connectivity index (χ3n) is 5.82. The molecule has 0 atom stereocenters. The van der Waals surface area contributed by atoms with Crippen molar-refractivity contribution in [2.24, 2.45) is 0 Å². The van der Waals surface area contributed by atoms with Gasteiger partial charge in [-0.25, -0.2) is 17.9 Å². The molecule has 0 unspecified atom stereocenters. The van der Waals surface area contributed by atoms with Crippen molar-refractivity contribution < 1.29 is 27.5 Å². The Morgan fingerprint density at radius 1 is 0.897 bits per heavy atom. The first-order chi connectivity index (χ1) is 17.9. The number of ether oxygens (including phenoxy) is 2. The summed E-state index contributed by atoms with van der Waals surface area (Å²) in [7, 11) is -2.80. The zero-order chi connectivity index (χ0) is 27.5. The van der Waals surface area contributed by atoms with E-state index in [1.54, 1.807) is 51.0 Å². The highest BCUT2D eigenvalue weighted by atomic mass is 32.2. The second kappa shape index (κ2) is 11.8. The van der Waals surface area contributed by atoms with Gasteiger partial charge in [0.25, 0.3) is 15.9 Å². The van der Waals surface area contributed by atoms with Gasteiger partial charge in [0, 0.05) is 24.2 Å². The molecule has 0 saturated carbocycles. The molecule has 9 nitrogen and oxygen atoms in total. The van der Waals surface area contributed by atoms with Crippen molar-refractivity contribution in [2.45, 2.75) is 45.1 Å². The van der Waals surface area contributed by atoms with Crippen LogP contribution in [0, 0.1) is 0 Å². The monoisotopic (exact) mass is 553 g/mol. The van der Waals surface area contributed by atoms with Gasteiger partial charge >= 0.3 is 6.03 Å². The number of benzene rings is 3. The number of amides is 3. The van der Waals surface area contributed by atoms with E-state index in [0.717, 1.165) is 23.3 Å². The largest absolute Gasteiger partial charge is 0.497 e. The molecule has 0 bridgehead atoms. The Morgan fingerprint density at radius 3 is 2.18 bits per heavy atom. The summed E-state index contributed by atoms with van der Waals surface area (Å²) in [5, 5.41) is 2.57. The van der Waals surface area contributed by atoms with Crippen LogP contribution in [0.2, 0.25) is 0 Å². The highest BCUT2D eigenvalue weighted by Gasteiger charge is 2.28. The average molecular weight is 554 g/mol. The molecule has 3 amide bonds. The Labute approximate surface area is 230 Å². The first-order valence-electron chi connectivity index (χ1n) is 12.2. The standard InChI is InChI=1S/C28H31N3O6S.CH4/c1-28(2,3)29-27(33)30-38(34,35)25-18-21(26(32)31-15-6-16-31)11-14-24(25)37-23-8-5-7-20(17-23)19-9-12-22(36-4)13-10-19;/h5,7-14,17-18H,6,15-16H2,1-4H3,(H2,29,30,33);1H4. The molecule has 1 aliphatic rings. The minimum absolute atomic E-state index is 0. The van der Waals surface area contributed by atoms with Gasteiger partial charge in [-0.2, -0.15) is 0 Å². The molecular formula is C29H35N3O6S. The fourth-order valence-corrected chi connectivity index (χ4v) is 4.89. The van der Waals surface area contributed by atoms with Crippen LogP contribution in [0.25, 0.3) is 11.1 Å². The van der Waals surface area contributed by atoms with E-state index >= 15 is 0 Å². The van der Waals surface area contributed by atoms with E-state index in [9.17, 15) is 18.0 Å². The zero-order valence-electron chi connectivity index (χ0n) is 21.8. The number of rotatable bonds is 7. The van der Waals surface area contributed by atoms with E-state index in [1.165, 1.54) is 18.2 Å². The number of urea groups is 1. The molecule has 1 fully saturated rings. The van der Waals surface area contributed by atoms with E-state index in [2.05, 4.69) is 5.32 Å². The van der Waals surface area contributed by atoms with Crippen LogP contribution in [0.3, 0.4) is 0 Å². The molecule has 1 heterocycles. The topological polar surface area (TPSA) is 114 Å². The number of hydrogen-bond acceptors (Lipinski definition) is 6. The summed E-state index contributed by atoms with van der Waals surface area (Å²) < 4.78 is 39.9. The van der Waals surface area contributed by atoms with Gasteiger partial charge < -0.3 is 19.7 Å². The molecule has 3 aromatic carbocycles. The Kier molecular flexibility index (Phi) is 8.91. The summed E-state index contributed by atoms with van der Waals surface area (Å²) in [6.07, 6.45) is 0.900. The smallest absolute Gasteiger partial charge is 0.329 e. The van der Waals surface area contributed by atoms with Crippen molar-refractivity contribution in [2.75, 3.05) is 20.2 Å². The molecule has 0 aliphatic carbocycles. The lowest BCUT2D eigenvalue weighted by Crippen LogP contribution is -2.48. The van der Waals surface area contributed by atoms with Gasteiger partial charge in [-0.15, -0.1) is 0 Å². The van der Waals surface area contributed by atoms with Gasteiger partial charge in [0.15, 0.2) is 0 Å². The highest BCUT2D eigenvalue weighted by Crippen LogP contribution is 2.33. The predicted octanol–water partition coefficient (Wildman–Crippen LogP) is 5.42. The van der Waals surface area contributed by atoms with E-state index in [4.69, 9.17) is 9.47 Å². The third-order valence-corrected chi connectivity index (χ3v) is 7.18. The quantitative estimate of drug-likeness (QED) is 0.404. The lowest BCUT2D eigenvalue weighted by molar-refractivity contribution is 0.0651. The molecule has 0 aromatic heterocycles. The van der Waals surface area contributed by atoms with Gasteiger partial charge in [-0.3, -0.25) is 4.79 Å². The van der Waals surface area contributed by atoms with Crippen molar-refractivity contribution in [3.63, 3.8) is 0 Å². The van der Waals surface area contributed by atoms with Crippen LogP contribution < -0.4 is 19.5 Å². The minimum atomic E-state index is -4.39. The molecule has 4 rings (SSSR count). The molecule has 2 N–H and O–H groups in total. The molecule has 1 saturated heterocycles. The fraction of sp³-hybridized carbons (Fsp3) is 0.310. The molecule has 1 aliphatic heterocycles. The lowest BCUT2D eigenvalue weighted by Gasteiger charge is -2.31. The van der Waals surface area contributed by atoms with E-state index in [1.807, 2.05) is 35.1 Å². The van der Waals surface area contributed by atoms with Gasteiger partial charge in [0.05, 0.1) is 7.11 Å². The van der Waals surface area contributed by atoms with Gasteiger partial charge in [-0.05, 0) is 80.8 Å². The Hall–Kier alpha value is -4.05.